The van der Waals surface area contributed by atoms with Crippen molar-refractivity contribution >= 4 is 5.78 Å². The van der Waals surface area contributed by atoms with Crippen LogP contribution in [-0.2, 0) is 0 Å². The maximum atomic E-state index is 11.2. The minimum atomic E-state index is -0.0812. The molecule has 0 saturated carbocycles. The molecule has 4 nitrogen and oxygen atoms in total. The van der Waals surface area contributed by atoms with E-state index in [1.807, 2.05) is 13.8 Å². The van der Waals surface area contributed by atoms with Crippen LogP contribution >= 0.6 is 0 Å². The molecule has 0 aliphatic heterocycles. The van der Waals surface area contributed by atoms with E-state index in [1.54, 1.807) is 24.3 Å². The first-order valence-corrected chi connectivity index (χ1v) is 6.17. The second kappa shape index (κ2) is 5.54. The Hall–Kier alpha value is -2.67. The van der Waals surface area contributed by atoms with Crippen molar-refractivity contribution in [1.29, 1.82) is 5.26 Å². The number of nitrogens with zero attached hydrogens (tertiary/aromatic N) is 2. The van der Waals surface area contributed by atoms with E-state index in [2.05, 4.69) is 11.1 Å². The third kappa shape index (κ3) is 2.83. The molecule has 0 saturated heterocycles. The number of benzene rings is 1. The summed E-state index contributed by atoms with van der Waals surface area (Å²) in [5.41, 5.74) is 2.79. The highest BCUT2D eigenvalue weighted by atomic mass is 16.5. The molecular formula is C16H14N2O2. The third-order valence-electron chi connectivity index (χ3n) is 2.91. The Labute approximate surface area is 117 Å². The van der Waals surface area contributed by atoms with Crippen LogP contribution in [0.15, 0.2) is 30.5 Å². The topological polar surface area (TPSA) is 63.0 Å². The summed E-state index contributed by atoms with van der Waals surface area (Å²) in [6, 6.07) is 9.01. The number of aryl methyl sites for hydroxylation is 2. The first-order valence-electron chi connectivity index (χ1n) is 6.17. The van der Waals surface area contributed by atoms with Gasteiger partial charge in [-0.15, -0.1) is 0 Å². The molecule has 20 heavy (non-hydrogen) atoms. The van der Waals surface area contributed by atoms with Crippen LogP contribution in [-0.4, -0.2) is 10.8 Å². The first kappa shape index (κ1) is 13.8. The van der Waals surface area contributed by atoms with E-state index in [1.165, 1.54) is 13.1 Å². The van der Waals surface area contributed by atoms with Crippen molar-refractivity contribution in [2.75, 3.05) is 0 Å². The summed E-state index contributed by atoms with van der Waals surface area (Å²) >= 11 is 0. The molecule has 100 valence electrons. The second-order valence-corrected chi connectivity index (χ2v) is 4.59. The van der Waals surface area contributed by atoms with E-state index in [9.17, 15) is 4.79 Å². The van der Waals surface area contributed by atoms with Crippen LogP contribution in [0.4, 0.5) is 0 Å². The Bertz CT molecular complexity index is 674. The van der Waals surface area contributed by atoms with Gasteiger partial charge in [-0.25, -0.2) is 4.98 Å². The first-order chi connectivity index (χ1) is 9.51. The molecule has 4 heteroatoms. The lowest BCUT2D eigenvalue weighted by Gasteiger charge is -2.12. The molecular weight excluding hydrogens is 252 g/mol. The van der Waals surface area contributed by atoms with Gasteiger partial charge >= 0.3 is 0 Å². The number of nitriles is 1. The number of carbonyl (C=O) groups is 1. The lowest BCUT2D eigenvalue weighted by atomic mass is 10.1. The molecule has 1 aromatic carbocycles. The summed E-state index contributed by atoms with van der Waals surface area (Å²) in [6.07, 6.45) is 1.52. The number of ketones is 1. The normalized spacial score (nSPS) is 9.90. The average Bonchev–Trinajstić information content (AvgIpc) is 2.43. The van der Waals surface area contributed by atoms with Crippen LogP contribution in [0, 0.1) is 25.2 Å². The van der Waals surface area contributed by atoms with E-state index >= 15 is 0 Å². The SMILES string of the molecule is CC(=O)c1ccc(Oc2c(C)cc(C#N)cc2C)cn1. The maximum Gasteiger partial charge on any atom is 0.178 e. The van der Waals surface area contributed by atoms with Gasteiger partial charge in [0, 0.05) is 6.92 Å². The lowest BCUT2D eigenvalue weighted by molar-refractivity contribution is 0.101. The highest BCUT2D eigenvalue weighted by molar-refractivity contribution is 5.92. The standard InChI is InChI=1S/C16H14N2O2/c1-10-6-13(8-17)7-11(2)16(10)20-14-4-5-15(12(3)19)18-9-14/h4-7,9H,1-3H3. The largest absolute Gasteiger partial charge is 0.455 e. The molecule has 2 rings (SSSR count). The minimum absolute atomic E-state index is 0.0812. The summed E-state index contributed by atoms with van der Waals surface area (Å²) in [6.45, 7) is 5.25. The number of rotatable bonds is 3. The highest BCUT2D eigenvalue weighted by Crippen LogP contribution is 2.29. The molecule has 0 amide bonds. The number of aromatic nitrogens is 1. The van der Waals surface area contributed by atoms with Gasteiger partial charge in [-0.2, -0.15) is 5.26 Å². The molecule has 1 heterocycles. The summed E-state index contributed by atoms with van der Waals surface area (Å²) in [5.74, 6) is 1.19. The zero-order valence-electron chi connectivity index (χ0n) is 11.6. The van der Waals surface area contributed by atoms with Crippen LogP contribution in [0.25, 0.3) is 0 Å². The molecule has 0 bridgehead atoms. The Morgan fingerprint density at radius 3 is 2.35 bits per heavy atom. The van der Waals surface area contributed by atoms with E-state index in [4.69, 9.17) is 10.00 Å². The van der Waals surface area contributed by atoms with Gasteiger partial charge in [-0.05, 0) is 49.2 Å². The minimum Gasteiger partial charge on any atom is -0.455 e. The van der Waals surface area contributed by atoms with Crippen molar-refractivity contribution in [2.24, 2.45) is 0 Å². The third-order valence-corrected chi connectivity index (χ3v) is 2.91. The molecule has 1 aromatic heterocycles. The molecule has 0 unspecified atom stereocenters. The molecule has 0 atom stereocenters. The Morgan fingerprint density at radius 1 is 1.25 bits per heavy atom. The predicted octanol–water partition coefficient (Wildman–Crippen LogP) is 3.57. The zero-order chi connectivity index (χ0) is 14.7. The van der Waals surface area contributed by atoms with Crippen molar-refractivity contribution in [1.82, 2.24) is 4.98 Å². The average molecular weight is 266 g/mol. The molecule has 2 aromatic rings. The second-order valence-electron chi connectivity index (χ2n) is 4.59. The Morgan fingerprint density at radius 2 is 1.90 bits per heavy atom. The van der Waals surface area contributed by atoms with Crippen LogP contribution < -0.4 is 4.74 Å². The van der Waals surface area contributed by atoms with E-state index < -0.39 is 0 Å². The fourth-order valence-corrected chi connectivity index (χ4v) is 1.94. The van der Waals surface area contributed by atoms with Crippen LogP contribution in [0.3, 0.4) is 0 Å². The lowest BCUT2D eigenvalue weighted by Crippen LogP contribution is -1.97. The van der Waals surface area contributed by atoms with Gasteiger partial charge in [-0.3, -0.25) is 4.79 Å². The predicted molar refractivity (Wildman–Crippen MR) is 74.9 cm³/mol. The van der Waals surface area contributed by atoms with Gasteiger partial charge in [-0.1, -0.05) is 0 Å². The number of carbonyl (C=O) groups excluding carboxylic acids is 1. The molecule has 0 N–H and O–H groups in total. The number of hydrogen-bond donors (Lipinski definition) is 0. The zero-order valence-corrected chi connectivity index (χ0v) is 11.6. The van der Waals surface area contributed by atoms with Gasteiger partial charge in [0.2, 0.25) is 0 Å². The fourth-order valence-electron chi connectivity index (χ4n) is 1.94. The van der Waals surface area contributed by atoms with Crippen molar-refractivity contribution in [3.63, 3.8) is 0 Å². The Kier molecular flexibility index (Phi) is 3.81. The molecule has 0 fully saturated rings. The van der Waals surface area contributed by atoms with E-state index in [0.717, 1.165) is 11.1 Å². The quantitative estimate of drug-likeness (QED) is 0.797. The maximum absolute atomic E-state index is 11.2. The van der Waals surface area contributed by atoms with E-state index in [-0.39, 0.29) is 5.78 Å². The number of Topliss-reactive ketones (excluding diaryl/α,β-unsaturated/α-hetero) is 1. The van der Waals surface area contributed by atoms with Gasteiger partial charge in [0.25, 0.3) is 0 Å². The molecule has 0 spiro atoms. The number of ether oxygens (including phenoxy) is 1. The van der Waals surface area contributed by atoms with Gasteiger partial charge in [0.15, 0.2) is 5.78 Å². The van der Waals surface area contributed by atoms with Crippen LogP contribution in [0.5, 0.6) is 11.5 Å². The van der Waals surface area contributed by atoms with Crippen molar-refractivity contribution < 1.29 is 9.53 Å². The smallest absolute Gasteiger partial charge is 0.178 e. The van der Waals surface area contributed by atoms with Gasteiger partial charge in [0.1, 0.15) is 17.2 Å². The van der Waals surface area contributed by atoms with Crippen LogP contribution in [0.1, 0.15) is 34.1 Å². The Balaban J connectivity index is 2.31. The summed E-state index contributed by atoms with van der Waals surface area (Å²) in [7, 11) is 0. The molecule has 0 aliphatic rings. The molecule has 0 aliphatic carbocycles. The van der Waals surface area contributed by atoms with Crippen LogP contribution in [0.2, 0.25) is 0 Å². The van der Waals surface area contributed by atoms with E-state index in [0.29, 0.717) is 22.8 Å². The van der Waals surface area contributed by atoms with Crippen molar-refractivity contribution in [3.8, 4) is 17.6 Å². The van der Waals surface area contributed by atoms with Gasteiger partial charge in [0.05, 0.1) is 17.8 Å². The highest BCUT2D eigenvalue weighted by Gasteiger charge is 2.08. The summed E-state index contributed by atoms with van der Waals surface area (Å²) in [4.78, 5) is 15.2. The fraction of sp³-hybridized carbons (Fsp3) is 0.188. The van der Waals surface area contributed by atoms with Crippen molar-refractivity contribution in [2.45, 2.75) is 20.8 Å². The van der Waals surface area contributed by atoms with Crippen molar-refractivity contribution in [3.05, 3.63) is 52.8 Å². The van der Waals surface area contributed by atoms with Gasteiger partial charge < -0.3 is 4.74 Å². The number of hydrogen-bond acceptors (Lipinski definition) is 4. The summed E-state index contributed by atoms with van der Waals surface area (Å²) < 4.78 is 5.79. The number of pyridine rings is 1. The monoisotopic (exact) mass is 266 g/mol. The summed E-state index contributed by atoms with van der Waals surface area (Å²) in [5, 5.41) is 8.92. The molecule has 0 radical (unpaired) electrons.